The van der Waals surface area contributed by atoms with E-state index in [1.807, 2.05) is 0 Å². The first-order valence-electron chi connectivity index (χ1n) is 8.09. The highest BCUT2D eigenvalue weighted by molar-refractivity contribution is 9.11. The number of halogens is 4. The summed E-state index contributed by atoms with van der Waals surface area (Å²) in [6.07, 6.45) is 0. The Bertz CT molecular complexity index is 1510. The Labute approximate surface area is 214 Å². The van der Waals surface area contributed by atoms with Crippen LogP contribution in [-0.4, -0.2) is 35.9 Å². The fourth-order valence-corrected chi connectivity index (χ4v) is 6.54. The highest BCUT2D eigenvalue weighted by Gasteiger charge is 2.28. The lowest BCUT2D eigenvalue weighted by molar-refractivity contribution is 0.384. The largest absolute Gasteiger partial charge is 0.446 e. The summed E-state index contributed by atoms with van der Waals surface area (Å²) in [6, 6.07) is 6.40. The molecular weight excluding hydrogens is 732 g/mol. The second-order valence-electron chi connectivity index (χ2n) is 6.30. The van der Waals surface area contributed by atoms with Gasteiger partial charge in [-0.2, -0.15) is 16.8 Å². The summed E-state index contributed by atoms with van der Waals surface area (Å²) >= 11 is 13.3. The number of aromatic nitrogens is 2. The Hall–Kier alpha value is -1.14. The zero-order valence-electron chi connectivity index (χ0n) is 15.0. The molecule has 0 unspecified atom stereocenters. The molecule has 2 heterocycles. The minimum absolute atomic E-state index is 0.0747. The monoisotopic (exact) mass is 736 g/mol. The van der Waals surface area contributed by atoms with Gasteiger partial charge in [-0.25, -0.2) is 0 Å². The predicted octanol–water partition coefficient (Wildman–Crippen LogP) is 5.73. The van der Waals surface area contributed by atoms with Gasteiger partial charge in [-0.1, -0.05) is 31.9 Å². The van der Waals surface area contributed by atoms with Gasteiger partial charge in [0.1, 0.15) is 11.4 Å². The topological polar surface area (TPSA) is 159 Å². The van der Waals surface area contributed by atoms with E-state index < -0.39 is 20.8 Å². The van der Waals surface area contributed by atoms with Crippen LogP contribution in [0.4, 0.5) is 0 Å². The molecule has 0 fully saturated rings. The van der Waals surface area contributed by atoms with Gasteiger partial charge in [-0.15, -0.1) is 0 Å². The molecule has 10 nitrogen and oxygen atoms in total. The molecule has 4 rings (SSSR count). The number of hydrogen-bond acceptors (Lipinski definition) is 6. The zero-order chi connectivity index (χ0) is 23.6. The molecule has 0 aliphatic carbocycles. The Morgan fingerprint density at radius 2 is 1.00 bits per heavy atom. The third-order valence-electron chi connectivity index (χ3n) is 4.18. The first kappa shape index (κ1) is 24.0. The Morgan fingerprint density at radius 3 is 1.31 bits per heavy atom. The molecule has 0 radical (unpaired) electrons. The molecule has 4 aromatic rings. The molecule has 0 atom stereocenters. The lowest BCUT2D eigenvalue weighted by Gasteiger charge is -2.06. The van der Waals surface area contributed by atoms with Crippen molar-refractivity contribution >= 4 is 106 Å². The van der Waals surface area contributed by atoms with Crippen molar-refractivity contribution in [3.63, 3.8) is 0 Å². The number of fused-ring (bicyclic) bond motifs is 2. The normalized spacial score (nSPS) is 12.6. The van der Waals surface area contributed by atoms with Crippen LogP contribution < -0.4 is 8.37 Å². The maximum atomic E-state index is 11.6. The first-order valence-corrected chi connectivity index (χ1v) is 14.0. The van der Waals surface area contributed by atoms with Gasteiger partial charge in [-0.05, 0) is 56.1 Å². The van der Waals surface area contributed by atoms with Crippen molar-refractivity contribution < 1.29 is 34.3 Å². The van der Waals surface area contributed by atoms with Gasteiger partial charge in [0.05, 0.1) is 11.0 Å². The molecule has 32 heavy (non-hydrogen) atoms. The molecule has 2 aromatic carbocycles. The number of benzene rings is 2. The minimum atomic E-state index is -4.98. The first-order chi connectivity index (χ1) is 14.7. The molecule has 0 amide bonds. The predicted molar refractivity (Wildman–Crippen MR) is 131 cm³/mol. The van der Waals surface area contributed by atoms with Crippen LogP contribution in [0, 0.1) is 0 Å². The fraction of sp³-hybridized carbons (Fsp3) is 0. The molecule has 170 valence electrons. The minimum Gasteiger partial charge on any atom is -0.359 e. The molecule has 16 heteroatoms. The third kappa shape index (κ3) is 4.72. The molecule has 0 saturated heterocycles. The second kappa shape index (κ2) is 8.26. The van der Waals surface area contributed by atoms with Crippen LogP contribution in [0.2, 0.25) is 0 Å². The van der Waals surface area contributed by atoms with Crippen LogP contribution in [0.25, 0.3) is 33.2 Å². The molecule has 0 spiro atoms. The zero-order valence-corrected chi connectivity index (χ0v) is 23.0. The van der Waals surface area contributed by atoms with Crippen LogP contribution in [0.1, 0.15) is 0 Å². The highest BCUT2D eigenvalue weighted by atomic mass is 79.9. The fourth-order valence-electron chi connectivity index (χ4n) is 3.13. The van der Waals surface area contributed by atoms with Crippen molar-refractivity contribution in [1.82, 2.24) is 9.97 Å². The van der Waals surface area contributed by atoms with Gasteiger partial charge in [0.15, 0.2) is 11.5 Å². The summed E-state index contributed by atoms with van der Waals surface area (Å²) in [5, 5.41) is 0.464. The van der Waals surface area contributed by atoms with E-state index in [-0.39, 0.29) is 33.7 Å². The van der Waals surface area contributed by atoms with E-state index in [1.54, 1.807) is 12.1 Å². The number of aromatic amines is 2. The van der Waals surface area contributed by atoms with Crippen molar-refractivity contribution in [3.8, 4) is 22.9 Å². The van der Waals surface area contributed by atoms with Gasteiger partial charge in [-0.3, -0.25) is 9.11 Å². The Kier molecular flexibility index (Phi) is 6.20. The van der Waals surface area contributed by atoms with E-state index in [0.717, 1.165) is 0 Å². The van der Waals surface area contributed by atoms with E-state index in [2.05, 4.69) is 73.7 Å². The number of rotatable bonds is 5. The van der Waals surface area contributed by atoms with Gasteiger partial charge >= 0.3 is 20.8 Å². The van der Waals surface area contributed by atoms with Crippen molar-refractivity contribution in [2.45, 2.75) is 0 Å². The lowest BCUT2D eigenvalue weighted by atomic mass is 10.2. The molecule has 0 bridgehead atoms. The average molecular weight is 740 g/mol. The SMILES string of the molecule is O=S(=O)(O)Oc1c(-c2[nH]c3c(Br)cc(Br)cc3c2OS(=O)(=O)O)[nH]c2c(Br)cc(Br)cc12. The highest BCUT2D eigenvalue weighted by Crippen LogP contribution is 2.47. The van der Waals surface area contributed by atoms with E-state index >= 15 is 0 Å². The van der Waals surface area contributed by atoms with Gasteiger partial charge < -0.3 is 18.3 Å². The molecule has 4 N–H and O–H groups in total. The second-order valence-corrected chi connectivity index (χ2v) is 11.9. The molecule has 0 aliphatic heterocycles. The lowest BCUT2D eigenvalue weighted by Crippen LogP contribution is -2.08. The number of hydrogen-bond donors (Lipinski definition) is 4. The van der Waals surface area contributed by atoms with Gasteiger partial charge in [0.25, 0.3) is 0 Å². The van der Waals surface area contributed by atoms with E-state index in [0.29, 0.717) is 28.9 Å². The maximum absolute atomic E-state index is 11.6. The maximum Gasteiger partial charge on any atom is 0.446 e. The molecule has 0 saturated carbocycles. The summed E-state index contributed by atoms with van der Waals surface area (Å²) < 4.78 is 76.8. The van der Waals surface area contributed by atoms with E-state index in [9.17, 15) is 25.9 Å². The Balaban J connectivity index is 2.15. The standard InChI is InChI=1S/C16H8Br4N2O8S2/c17-5-1-7-11(9(19)3-5)21-13(15(7)29-31(23,24)25)14-16(30-32(26,27)28)8-2-6(18)4-10(20)12(8)22-14/h1-4,21-22H,(H,23,24,25)(H,26,27,28). The summed E-state index contributed by atoms with van der Waals surface area (Å²) in [6.45, 7) is 0. The summed E-state index contributed by atoms with van der Waals surface area (Å²) in [5.41, 5.74) is 0.598. The molecule has 0 aliphatic rings. The summed E-state index contributed by atoms with van der Waals surface area (Å²) in [5.74, 6) is -0.683. The smallest absolute Gasteiger partial charge is 0.359 e. The van der Waals surface area contributed by atoms with Gasteiger partial charge in [0, 0.05) is 28.7 Å². The third-order valence-corrected chi connectivity index (χ3v) is 7.10. The van der Waals surface area contributed by atoms with Crippen molar-refractivity contribution in [2.24, 2.45) is 0 Å². The van der Waals surface area contributed by atoms with Crippen molar-refractivity contribution in [2.75, 3.05) is 0 Å². The molecular formula is C16H8Br4N2O8S2. The quantitative estimate of drug-likeness (QED) is 0.189. The number of H-pyrrole nitrogens is 2. The van der Waals surface area contributed by atoms with Crippen LogP contribution in [-0.2, 0) is 20.8 Å². The average Bonchev–Trinajstić information content (AvgIpc) is 3.12. The van der Waals surface area contributed by atoms with Crippen LogP contribution in [0.5, 0.6) is 11.5 Å². The van der Waals surface area contributed by atoms with Crippen LogP contribution >= 0.6 is 63.7 Å². The van der Waals surface area contributed by atoms with E-state index in [1.165, 1.54) is 12.1 Å². The summed E-state index contributed by atoms with van der Waals surface area (Å²) in [7, 11) is -9.95. The van der Waals surface area contributed by atoms with E-state index in [4.69, 9.17) is 8.37 Å². The summed E-state index contributed by atoms with van der Waals surface area (Å²) in [4.78, 5) is 5.87. The van der Waals surface area contributed by atoms with Crippen LogP contribution in [0.15, 0.2) is 42.2 Å². The van der Waals surface area contributed by atoms with Gasteiger partial charge in [0.2, 0.25) is 0 Å². The van der Waals surface area contributed by atoms with Crippen molar-refractivity contribution in [1.29, 1.82) is 0 Å². The van der Waals surface area contributed by atoms with Crippen molar-refractivity contribution in [3.05, 3.63) is 42.2 Å². The van der Waals surface area contributed by atoms with Crippen LogP contribution in [0.3, 0.4) is 0 Å². The molecule has 2 aromatic heterocycles. The Morgan fingerprint density at radius 1 is 0.656 bits per heavy atom. The number of nitrogens with one attached hydrogen (secondary N) is 2.